The molecule has 0 aliphatic carbocycles. The molecule has 0 fully saturated rings. The van der Waals surface area contributed by atoms with E-state index in [1.807, 2.05) is 19.9 Å². The lowest BCUT2D eigenvalue weighted by Gasteiger charge is -2.16. The molecule has 7 heteroatoms. The minimum absolute atomic E-state index is 0.0915. The van der Waals surface area contributed by atoms with Crippen LogP contribution < -0.4 is 16.4 Å². The van der Waals surface area contributed by atoms with Crippen LogP contribution in [0.4, 0.5) is 0 Å². The normalized spacial score (nSPS) is 11.5. The summed E-state index contributed by atoms with van der Waals surface area (Å²) in [6, 6.07) is 6.90. The van der Waals surface area contributed by atoms with Crippen molar-refractivity contribution < 1.29 is 4.79 Å². The predicted molar refractivity (Wildman–Crippen MR) is 123 cm³/mol. The second-order valence-electron chi connectivity index (χ2n) is 8.52. The van der Waals surface area contributed by atoms with Crippen LogP contribution >= 0.6 is 0 Å². The van der Waals surface area contributed by atoms with Gasteiger partial charge in [-0.2, -0.15) is 0 Å². The highest BCUT2D eigenvalue weighted by molar-refractivity contribution is 5.96. The van der Waals surface area contributed by atoms with Gasteiger partial charge in [0.25, 0.3) is 11.5 Å². The number of amides is 1. The summed E-state index contributed by atoms with van der Waals surface area (Å²) in [7, 11) is 0. The van der Waals surface area contributed by atoms with Crippen LogP contribution in [0, 0.1) is 11.3 Å². The third-order valence-electron chi connectivity index (χ3n) is 5.43. The fraction of sp³-hybridized carbons (Fsp3) is 0.500. The molecule has 0 aliphatic rings. The molecule has 3 aromatic rings. The molecule has 0 unspecified atom stereocenters. The lowest BCUT2D eigenvalue weighted by atomic mass is 10.1. The summed E-state index contributed by atoms with van der Waals surface area (Å²) in [6.45, 7) is 7.34. The van der Waals surface area contributed by atoms with Crippen molar-refractivity contribution in [3.05, 3.63) is 51.9 Å². The number of carbonyl (C=O) groups excluding carboxylic acids is 1. The highest BCUT2D eigenvalue weighted by Gasteiger charge is 2.17. The number of rotatable bonds is 10. The third-order valence-corrected chi connectivity index (χ3v) is 5.43. The Morgan fingerprint density at radius 1 is 1.16 bits per heavy atom. The maximum absolute atomic E-state index is 13.1. The first-order valence-corrected chi connectivity index (χ1v) is 11.3. The van der Waals surface area contributed by atoms with Crippen LogP contribution in [-0.2, 0) is 6.54 Å². The Morgan fingerprint density at radius 3 is 2.65 bits per heavy atom. The molecule has 0 bridgehead atoms. The second kappa shape index (κ2) is 10.4. The van der Waals surface area contributed by atoms with Gasteiger partial charge in [-0.25, -0.2) is 4.98 Å². The van der Waals surface area contributed by atoms with Gasteiger partial charge in [0.1, 0.15) is 16.8 Å². The maximum Gasteiger partial charge on any atom is 0.267 e. The largest absolute Gasteiger partial charge is 0.352 e. The van der Waals surface area contributed by atoms with Gasteiger partial charge in [-0.1, -0.05) is 58.9 Å². The first kappa shape index (κ1) is 22.7. The topological polar surface area (TPSA) is 92.2 Å². The van der Waals surface area contributed by atoms with Crippen LogP contribution in [0.5, 0.6) is 0 Å². The molecule has 0 aromatic carbocycles. The monoisotopic (exact) mass is 423 g/mol. The number of unbranched alkanes of at least 4 members (excludes halogenated alkanes) is 5. The Morgan fingerprint density at radius 2 is 1.90 bits per heavy atom. The molecule has 166 valence electrons. The molecular weight excluding hydrogens is 390 g/mol. The molecule has 0 saturated carbocycles. The van der Waals surface area contributed by atoms with Crippen molar-refractivity contribution in [1.82, 2.24) is 19.3 Å². The number of fused-ring (bicyclic) bond motifs is 2. The van der Waals surface area contributed by atoms with Gasteiger partial charge in [0.05, 0.1) is 10.9 Å². The summed E-state index contributed by atoms with van der Waals surface area (Å²) in [5.74, 6) is -0.0784. The Bertz CT molecular complexity index is 1180. The third kappa shape index (κ3) is 5.21. The first-order valence-electron chi connectivity index (χ1n) is 11.3. The van der Waals surface area contributed by atoms with Gasteiger partial charge in [0.15, 0.2) is 0 Å². The Labute approximate surface area is 182 Å². The van der Waals surface area contributed by atoms with Gasteiger partial charge >= 0.3 is 0 Å². The van der Waals surface area contributed by atoms with Gasteiger partial charge in [-0.05, 0) is 30.5 Å². The molecule has 0 saturated heterocycles. The van der Waals surface area contributed by atoms with Crippen LogP contribution in [-0.4, -0.2) is 26.4 Å². The lowest BCUT2D eigenvalue weighted by molar-refractivity contribution is 0.0950. The maximum atomic E-state index is 13.1. The average Bonchev–Trinajstić information content (AvgIpc) is 2.75. The zero-order valence-corrected chi connectivity index (χ0v) is 18.8. The number of hydrogen-bond donors (Lipinski definition) is 2. The van der Waals surface area contributed by atoms with E-state index in [4.69, 9.17) is 5.41 Å². The van der Waals surface area contributed by atoms with Crippen LogP contribution in [0.15, 0.2) is 35.3 Å². The van der Waals surface area contributed by atoms with E-state index in [0.717, 1.165) is 12.8 Å². The van der Waals surface area contributed by atoms with E-state index in [2.05, 4.69) is 17.2 Å². The molecular formula is C24H33N5O2. The molecule has 1 amide bonds. The van der Waals surface area contributed by atoms with Crippen LogP contribution in [0.25, 0.3) is 16.7 Å². The molecule has 0 radical (unpaired) electrons. The number of carbonyl (C=O) groups is 1. The zero-order chi connectivity index (χ0) is 22.4. The molecule has 0 atom stereocenters. The molecule has 3 heterocycles. The first-order chi connectivity index (χ1) is 14.9. The van der Waals surface area contributed by atoms with Gasteiger partial charge in [0, 0.05) is 19.3 Å². The smallest absolute Gasteiger partial charge is 0.267 e. The molecule has 2 N–H and O–H groups in total. The van der Waals surface area contributed by atoms with E-state index < -0.39 is 0 Å². The van der Waals surface area contributed by atoms with Crippen molar-refractivity contribution >= 4 is 22.6 Å². The van der Waals surface area contributed by atoms with Crippen molar-refractivity contribution in [1.29, 1.82) is 5.41 Å². The minimum atomic E-state index is -0.310. The Balaban J connectivity index is 1.94. The summed E-state index contributed by atoms with van der Waals surface area (Å²) in [6.07, 6.45) is 8.53. The number of pyridine rings is 2. The van der Waals surface area contributed by atoms with E-state index in [0.29, 0.717) is 29.8 Å². The average molecular weight is 424 g/mol. The highest BCUT2D eigenvalue weighted by Crippen LogP contribution is 2.12. The molecule has 3 aromatic heterocycles. The van der Waals surface area contributed by atoms with E-state index in [1.54, 1.807) is 22.9 Å². The summed E-state index contributed by atoms with van der Waals surface area (Å²) in [5, 5.41) is 12.0. The summed E-state index contributed by atoms with van der Waals surface area (Å²) in [4.78, 5) is 30.6. The summed E-state index contributed by atoms with van der Waals surface area (Å²) < 4.78 is 3.16. The van der Waals surface area contributed by atoms with E-state index in [1.165, 1.54) is 36.2 Å². The predicted octanol–water partition coefficient (Wildman–Crippen LogP) is 3.87. The van der Waals surface area contributed by atoms with Crippen molar-refractivity contribution in [3.63, 3.8) is 0 Å². The number of nitrogens with zero attached hydrogens (tertiary/aromatic N) is 3. The van der Waals surface area contributed by atoms with Crippen molar-refractivity contribution in [2.75, 3.05) is 6.54 Å². The van der Waals surface area contributed by atoms with Crippen LogP contribution in [0.1, 0.15) is 69.7 Å². The molecule has 7 nitrogen and oxygen atoms in total. The van der Waals surface area contributed by atoms with Crippen LogP contribution in [0.2, 0.25) is 0 Å². The molecule has 0 spiro atoms. The SMILES string of the molecule is CCCCCCCCNC(=O)c1cc2c(=O)n3ccccc3nc2n(CC(C)C)c1=N. The van der Waals surface area contributed by atoms with Crippen molar-refractivity contribution in [2.45, 2.75) is 65.8 Å². The van der Waals surface area contributed by atoms with Gasteiger partial charge in [0.2, 0.25) is 0 Å². The van der Waals surface area contributed by atoms with Gasteiger partial charge < -0.3 is 9.88 Å². The fourth-order valence-electron chi connectivity index (χ4n) is 3.81. The molecule has 0 aliphatic heterocycles. The number of aromatic nitrogens is 3. The summed E-state index contributed by atoms with van der Waals surface area (Å²) >= 11 is 0. The second-order valence-corrected chi connectivity index (χ2v) is 8.52. The van der Waals surface area contributed by atoms with E-state index in [9.17, 15) is 9.59 Å². The quantitative estimate of drug-likeness (QED) is 0.383. The Hall–Kier alpha value is -2.96. The van der Waals surface area contributed by atoms with E-state index in [-0.39, 0.29) is 28.4 Å². The highest BCUT2D eigenvalue weighted by atomic mass is 16.1. The van der Waals surface area contributed by atoms with Crippen molar-refractivity contribution in [3.8, 4) is 0 Å². The zero-order valence-electron chi connectivity index (χ0n) is 18.8. The minimum Gasteiger partial charge on any atom is -0.352 e. The summed E-state index contributed by atoms with van der Waals surface area (Å²) in [5.41, 5.74) is 1.05. The molecule has 3 rings (SSSR count). The fourth-order valence-corrected chi connectivity index (χ4v) is 3.81. The standard InChI is InChI=1S/C24H33N5O2/c1-4-5-6-7-8-10-13-26-23(30)18-15-19-22(29(21(18)25)16-17(2)3)27-20-12-9-11-14-28(20)24(19)31/h9,11-12,14-15,17,25H,4-8,10,13,16H2,1-3H3,(H,26,30). The van der Waals surface area contributed by atoms with Gasteiger partial charge in [-0.15, -0.1) is 0 Å². The number of hydrogen-bond acceptors (Lipinski definition) is 4. The van der Waals surface area contributed by atoms with Crippen molar-refractivity contribution in [2.24, 2.45) is 5.92 Å². The lowest BCUT2D eigenvalue weighted by Crippen LogP contribution is -2.36. The van der Waals surface area contributed by atoms with Gasteiger partial charge in [-0.3, -0.25) is 19.4 Å². The molecule has 31 heavy (non-hydrogen) atoms. The van der Waals surface area contributed by atoms with Crippen LogP contribution in [0.3, 0.4) is 0 Å². The Kier molecular flexibility index (Phi) is 7.60. The number of nitrogens with one attached hydrogen (secondary N) is 2. The van der Waals surface area contributed by atoms with E-state index >= 15 is 0 Å².